The van der Waals surface area contributed by atoms with E-state index in [0.717, 1.165) is 25.9 Å². The van der Waals surface area contributed by atoms with Crippen LogP contribution in [0.25, 0.3) is 0 Å². The molecule has 0 saturated carbocycles. The van der Waals surface area contributed by atoms with E-state index in [0.29, 0.717) is 10.9 Å². The first-order valence-corrected chi connectivity index (χ1v) is 6.42. The zero-order valence-corrected chi connectivity index (χ0v) is 11.6. The molecule has 94 valence electrons. The van der Waals surface area contributed by atoms with Crippen molar-refractivity contribution in [3.8, 4) is 0 Å². The van der Waals surface area contributed by atoms with Gasteiger partial charge in [0.15, 0.2) is 0 Å². The third kappa shape index (κ3) is 4.92. The number of hydrogen-bond acceptors (Lipinski definition) is 2. The number of amides is 1. The van der Waals surface area contributed by atoms with Gasteiger partial charge in [0.2, 0.25) is 5.91 Å². The van der Waals surface area contributed by atoms with Crippen molar-refractivity contribution in [3.63, 3.8) is 0 Å². The molecular weight excluding hydrogens is 220 g/mol. The van der Waals surface area contributed by atoms with Gasteiger partial charge < -0.3 is 10.6 Å². The summed E-state index contributed by atoms with van der Waals surface area (Å²) < 4.78 is 0. The number of rotatable bonds is 7. The first-order chi connectivity index (χ1) is 7.43. The van der Waals surface area contributed by atoms with Gasteiger partial charge in [0, 0.05) is 13.1 Å². The summed E-state index contributed by atoms with van der Waals surface area (Å²) in [7, 11) is 0. The topological polar surface area (TPSA) is 46.3 Å². The van der Waals surface area contributed by atoms with Crippen LogP contribution in [0, 0.1) is 11.8 Å². The SMILES string of the molecule is CCCC(C(=O)N(CC)CC(C)C)C(N)=S. The van der Waals surface area contributed by atoms with Crippen molar-refractivity contribution in [1.82, 2.24) is 4.90 Å². The summed E-state index contributed by atoms with van der Waals surface area (Å²) in [5, 5.41) is 0. The molecule has 0 saturated heterocycles. The molecule has 0 aliphatic heterocycles. The summed E-state index contributed by atoms with van der Waals surface area (Å²) in [4.78, 5) is 14.4. The van der Waals surface area contributed by atoms with Crippen molar-refractivity contribution in [2.24, 2.45) is 17.6 Å². The van der Waals surface area contributed by atoms with Gasteiger partial charge in [-0.05, 0) is 19.3 Å². The Balaban J connectivity index is 4.61. The molecule has 0 aliphatic rings. The van der Waals surface area contributed by atoms with Crippen LogP contribution in [0.15, 0.2) is 0 Å². The molecule has 4 heteroatoms. The first kappa shape index (κ1) is 15.4. The van der Waals surface area contributed by atoms with Gasteiger partial charge in [-0.1, -0.05) is 39.4 Å². The summed E-state index contributed by atoms with van der Waals surface area (Å²) in [6, 6.07) is 0. The maximum Gasteiger partial charge on any atom is 0.232 e. The second-order valence-electron chi connectivity index (χ2n) is 4.51. The number of nitrogens with zero attached hydrogens (tertiary/aromatic N) is 1. The first-order valence-electron chi connectivity index (χ1n) is 6.02. The van der Waals surface area contributed by atoms with Gasteiger partial charge in [-0.15, -0.1) is 0 Å². The fourth-order valence-corrected chi connectivity index (χ4v) is 1.93. The Hall–Kier alpha value is -0.640. The Kier molecular flexibility index (Phi) is 7.30. The monoisotopic (exact) mass is 244 g/mol. The normalized spacial score (nSPS) is 12.6. The van der Waals surface area contributed by atoms with E-state index < -0.39 is 0 Å². The summed E-state index contributed by atoms with van der Waals surface area (Å²) in [5.41, 5.74) is 5.63. The molecule has 2 N–H and O–H groups in total. The molecule has 0 radical (unpaired) electrons. The fourth-order valence-electron chi connectivity index (χ4n) is 1.71. The van der Waals surface area contributed by atoms with Crippen molar-refractivity contribution in [1.29, 1.82) is 0 Å². The van der Waals surface area contributed by atoms with Gasteiger partial charge in [0.05, 0.1) is 10.9 Å². The third-order valence-corrected chi connectivity index (χ3v) is 2.78. The average Bonchev–Trinajstić information content (AvgIpc) is 2.20. The van der Waals surface area contributed by atoms with Gasteiger partial charge in [0.25, 0.3) is 0 Å². The van der Waals surface area contributed by atoms with E-state index in [1.165, 1.54) is 0 Å². The molecule has 1 amide bonds. The molecule has 0 fully saturated rings. The highest BCUT2D eigenvalue weighted by Gasteiger charge is 2.25. The predicted octanol–water partition coefficient (Wildman–Crippen LogP) is 2.19. The van der Waals surface area contributed by atoms with Crippen molar-refractivity contribution < 1.29 is 4.79 Å². The molecule has 0 aromatic carbocycles. The number of hydrogen-bond donors (Lipinski definition) is 1. The molecule has 0 spiro atoms. The largest absolute Gasteiger partial charge is 0.393 e. The molecule has 0 heterocycles. The van der Waals surface area contributed by atoms with E-state index in [1.807, 2.05) is 18.7 Å². The summed E-state index contributed by atoms with van der Waals surface area (Å²) >= 11 is 4.97. The van der Waals surface area contributed by atoms with Crippen LogP contribution >= 0.6 is 12.2 Å². The van der Waals surface area contributed by atoms with E-state index in [-0.39, 0.29) is 11.8 Å². The van der Waals surface area contributed by atoms with Crippen LogP contribution in [0.2, 0.25) is 0 Å². The molecular formula is C12H24N2OS. The van der Waals surface area contributed by atoms with E-state index in [9.17, 15) is 4.79 Å². The minimum atomic E-state index is -0.279. The second kappa shape index (κ2) is 7.60. The smallest absolute Gasteiger partial charge is 0.232 e. The lowest BCUT2D eigenvalue weighted by Crippen LogP contribution is -2.42. The summed E-state index contributed by atoms with van der Waals surface area (Å²) in [6.07, 6.45) is 1.68. The lowest BCUT2D eigenvalue weighted by atomic mass is 10.0. The molecule has 0 rings (SSSR count). The highest BCUT2D eigenvalue weighted by atomic mass is 32.1. The molecule has 1 unspecified atom stereocenters. The number of nitrogens with two attached hydrogens (primary N) is 1. The molecule has 16 heavy (non-hydrogen) atoms. The van der Waals surface area contributed by atoms with Crippen LogP contribution in [0.1, 0.15) is 40.5 Å². The Morgan fingerprint density at radius 1 is 1.38 bits per heavy atom. The second-order valence-corrected chi connectivity index (χ2v) is 4.99. The van der Waals surface area contributed by atoms with Crippen molar-refractivity contribution >= 4 is 23.1 Å². The highest BCUT2D eigenvalue weighted by molar-refractivity contribution is 7.80. The van der Waals surface area contributed by atoms with Crippen molar-refractivity contribution in [2.45, 2.75) is 40.5 Å². The number of carbonyl (C=O) groups excluding carboxylic acids is 1. The molecule has 0 aliphatic carbocycles. The lowest BCUT2D eigenvalue weighted by molar-refractivity contribution is -0.133. The molecule has 0 aromatic rings. The van der Waals surface area contributed by atoms with Crippen LogP contribution < -0.4 is 5.73 Å². The molecule has 1 atom stereocenters. The van der Waals surface area contributed by atoms with E-state index in [1.54, 1.807) is 0 Å². The maximum absolute atomic E-state index is 12.2. The Morgan fingerprint density at radius 3 is 2.25 bits per heavy atom. The minimum Gasteiger partial charge on any atom is -0.393 e. The highest BCUT2D eigenvalue weighted by Crippen LogP contribution is 2.12. The van der Waals surface area contributed by atoms with Crippen LogP contribution in [0.4, 0.5) is 0 Å². The fraction of sp³-hybridized carbons (Fsp3) is 0.833. The van der Waals surface area contributed by atoms with Gasteiger partial charge in [0.1, 0.15) is 0 Å². The standard InChI is InChI=1S/C12H24N2OS/c1-5-7-10(11(13)16)12(15)14(6-2)8-9(3)4/h9-10H,5-8H2,1-4H3,(H2,13,16). The number of thiocarbonyl (C=S) groups is 1. The zero-order valence-electron chi connectivity index (χ0n) is 10.8. The lowest BCUT2D eigenvalue weighted by Gasteiger charge is -2.27. The molecule has 3 nitrogen and oxygen atoms in total. The van der Waals surface area contributed by atoms with Gasteiger partial charge >= 0.3 is 0 Å². The predicted molar refractivity (Wildman–Crippen MR) is 72.3 cm³/mol. The van der Waals surface area contributed by atoms with Gasteiger partial charge in [-0.25, -0.2) is 0 Å². The molecule has 0 bridgehead atoms. The van der Waals surface area contributed by atoms with Crippen LogP contribution in [-0.4, -0.2) is 28.9 Å². The zero-order chi connectivity index (χ0) is 12.7. The summed E-state index contributed by atoms with van der Waals surface area (Å²) in [6.45, 7) is 9.73. The van der Waals surface area contributed by atoms with Crippen LogP contribution in [0.3, 0.4) is 0 Å². The summed E-state index contributed by atoms with van der Waals surface area (Å²) in [5.74, 6) is 0.279. The van der Waals surface area contributed by atoms with E-state index in [4.69, 9.17) is 18.0 Å². The average molecular weight is 244 g/mol. The van der Waals surface area contributed by atoms with Crippen LogP contribution in [0.5, 0.6) is 0 Å². The third-order valence-electron chi connectivity index (χ3n) is 2.50. The Labute approximate surface area is 104 Å². The number of carbonyl (C=O) groups is 1. The Morgan fingerprint density at radius 2 is 1.94 bits per heavy atom. The van der Waals surface area contributed by atoms with Crippen molar-refractivity contribution in [3.05, 3.63) is 0 Å². The van der Waals surface area contributed by atoms with Crippen LogP contribution in [-0.2, 0) is 4.79 Å². The van der Waals surface area contributed by atoms with E-state index in [2.05, 4.69) is 13.8 Å². The Bertz CT molecular complexity index is 241. The van der Waals surface area contributed by atoms with Crippen molar-refractivity contribution in [2.75, 3.05) is 13.1 Å². The van der Waals surface area contributed by atoms with E-state index >= 15 is 0 Å². The van der Waals surface area contributed by atoms with Gasteiger partial charge in [-0.3, -0.25) is 4.79 Å². The minimum absolute atomic E-state index is 0.0885. The maximum atomic E-state index is 12.2. The van der Waals surface area contributed by atoms with Gasteiger partial charge in [-0.2, -0.15) is 0 Å². The molecule has 0 aromatic heterocycles. The quantitative estimate of drug-likeness (QED) is 0.698.